The van der Waals surface area contributed by atoms with Crippen LogP contribution in [0, 0.1) is 5.92 Å². The van der Waals surface area contributed by atoms with E-state index in [-0.39, 0.29) is 18.1 Å². The molecule has 0 aliphatic carbocycles. The Kier molecular flexibility index (Phi) is 11.0. The Morgan fingerprint density at radius 1 is 1.10 bits per heavy atom. The van der Waals surface area contributed by atoms with Crippen LogP contribution in [0.5, 0.6) is 0 Å². The molecule has 4 atom stereocenters. The van der Waals surface area contributed by atoms with Crippen LogP contribution in [0.15, 0.2) is 35.5 Å². The number of rotatable bonds is 12. The molecule has 3 N–H and O–H groups in total. The molecule has 0 aromatic heterocycles. The molecular formula is C21H32N2O7. The molecule has 0 saturated carbocycles. The fourth-order valence-corrected chi connectivity index (χ4v) is 2.84. The van der Waals surface area contributed by atoms with Gasteiger partial charge in [-0.2, -0.15) is 0 Å². The zero-order valence-corrected chi connectivity index (χ0v) is 18.1. The minimum absolute atomic E-state index is 0.0610. The minimum atomic E-state index is -1.32. The van der Waals surface area contributed by atoms with Crippen molar-refractivity contribution in [3.63, 3.8) is 0 Å². The standard InChI is InChI=1S/C21H32N2O7/c1-13(2)20(28-4)18(19(26)14(3)24)23-30-12-17(25)22-16(21(27)29-5)11-15-9-7-6-8-10-15/h6-10,13-14,16,19-20,24,26H,11-12H2,1-5H3,(H,22,25)/b23-18+/t14-,16+,19+,20+/m1/s1. The highest BCUT2D eigenvalue weighted by molar-refractivity contribution is 5.93. The molecule has 1 aromatic carbocycles. The van der Waals surface area contributed by atoms with Crippen LogP contribution in [-0.2, 0) is 30.3 Å². The van der Waals surface area contributed by atoms with Gasteiger partial charge in [0.2, 0.25) is 0 Å². The second-order valence-corrected chi connectivity index (χ2v) is 7.21. The third-order valence-electron chi connectivity index (χ3n) is 4.38. The van der Waals surface area contributed by atoms with Crippen molar-refractivity contribution < 1.29 is 34.1 Å². The number of esters is 1. The summed E-state index contributed by atoms with van der Waals surface area (Å²) < 4.78 is 10.1. The number of hydrogen-bond donors (Lipinski definition) is 3. The lowest BCUT2D eigenvalue weighted by Gasteiger charge is -2.25. The third-order valence-corrected chi connectivity index (χ3v) is 4.38. The number of ether oxygens (including phenoxy) is 2. The summed E-state index contributed by atoms with van der Waals surface area (Å²) in [6.07, 6.45) is -2.78. The maximum absolute atomic E-state index is 12.3. The van der Waals surface area contributed by atoms with Gasteiger partial charge >= 0.3 is 5.97 Å². The molecule has 9 nitrogen and oxygen atoms in total. The summed E-state index contributed by atoms with van der Waals surface area (Å²) in [6, 6.07) is 8.30. The van der Waals surface area contributed by atoms with E-state index >= 15 is 0 Å². The number of carbonyl (C=O) groups excluding carboxylic acids is 2. The fraction of sp³-hybridized carbons (Fsp3) is 0.571. The molecule has 0 saturated heterocycles. The Labute approximate surface area is 177 Å². The Morgan fingerprint density at radius 2 is 1.73 bits per heavy atom. The first-order valence-electron chi connectivity index (χ1n) is 9.71. The number of nitrogens with one attached hydrogen (secondary N) is 1. The van der Waals surface area contributed by atoms with E-state index in [0.717, 1.165) is 5.56 Å². The Bertz CT molecular complexity index is 692. The van der Waals surface area contributed by atoms with E-state index in [1.807, 2.05) is 44.2 Å². The van der Waals surface area contributed by atoms with Crippen LogP contribution < -0.4 is 5.32 Å². The lowest BCUT2D eigenvalue weighted by Crippen LogP contribution is -2.45. The molecule has 168 valence electrons. The molecule has 0 bridgehead atoms. The topological polar surface area (TPSA) is 127 Å². The Hall–Kier alpha value is -2.49. The molecule has 0 aliphatic heterocycles. The number of oxime groups is 1. The summed E-state index contributed by atoms with van der Waals surface area (Å²) in [5, 5.41) is 26.3. The van der Waals surface area contributed by atoms with E-state index in [1.54, 1.807) is 0 Å². The maximum atomic E-state index is 12.3. The van der Waals surface area contributed by atoms with Crippen LogP contribution in [0.25, 0.3) is 0 Å². The van der Waals surface area contributed by atoms with Crippen molar-refractivity contribution in [2.24, 2.45) is 11.1 Å². The maximum Gasteiger partial charge on any atom is 0.328 e. The predicted molar refractivity (Wildman–Crippen MR) is 111 cm³/mol. The Morgan fingerprint density at radius 3 is 2.23 bits per heavy atom. The molecule has 9 heteroatoms. The SMILES string of the molecule is COC(=O)[C@H](Cc1ccccc1)NC(=O)CO/N=C(/[C@@H](OC)C(C)C)[C@@H](O)[C@@H](C)O. The number of nitrogens with zero attached hydrogens (tertiary/aromatic N) is 1. The number of benzene rings is 1. The van der Waals surface area contributed by atoms with Gasteiger partial charge in [0.05, 0.1) is 13.2 Å². The minimum Gasteiger partial charge on any atom is -0.467 e. The average Bonchev–Trinajstić information content (AvgIpc) is 2.71. The molecule has 30 heavy (non-hydrogen) atoms. The molecule has 0 heterocycles. The van der Waals surface area contributed by atoms with Crippen LogP contribution in [0.1, 0.15) is 26.3 Å². The molecular weight excluding hydrogens is 392 g/mol. The van der Waals surface area contributed by atoms with Gasteiger partial charge in [0.1, 0.15) is 24.0 Å². The third kappa shape index (κ3) is 8.10. The van der Waals surface area contributed by atoms with Crippen LogP contribution in [-0.4, -0.2) is 73.0 Å². The second-order valence-electron chi connectivity index (χ2n) is 7.21. The highest BCUT2D eigenvalue weighted by atomic mass is 16.6. The largest absolute Gasteiger partial charge is 0.467 e. The molecule has 1 aromatic rings. The van der Waals surface area contributed by atoms with Crippen LogP contribution >= 0.6 is 0 Å². The van der Waals surface area contributed by atoms with Gasteiger partial charge in [-0.15, -0.1) is 0 Å². The monoisotopic (exact) mass is 424 g/mol. The second kappa shape index (κ2) is 12.9. The van der Waals surface area contributed by atoms with Crippen molar-refractivity contribution in [2.45, 2.75) is 51.5 Å². The van der Waals surface area contributed by atoms with Crippen molar-refractivity contribution in [1.29, 1.82) is 0 Å². The van der Waals surface area contributed by atoms with Crippen LogP contribution in [0.3, 0.4) is 0 Å². The number of hydrogen-bond acceptors (Lipinski definition) is 8. The van der Waals surface area contributed by atoms with Crippen LogP contribution in [0.4, 0.5) is 0 Å². The smallest absolute Gasteiger partial charge is 0.328 e. The predicted octanol–water partition coefficient (Wildman–Crippen LogP) is 0.672. The van der Waals surface area contributed by atoms with Gasteiger partial charge in [0.15, 0.2) is 6.61 Å². The summed E-state index contributed by atoms with van der Waals surface area (Å²) in [5.41, 5.74) is 0.929. The number of amides is 1. The number of aliphatic hydroxyl groups excluding tert-OH is 2. The van der Waals surface area contributed by atoms with Gasteiger partial charge in [-0.1, -0.05) is 49.3 Å². The van der Waals surface area contributed by atoms with E-state index in [2.05, 4.69) is 10.5 Å². The first kappa shape index (κ1) is 25.5. The summed E-state index contributed by atoms with van der Waals surface area (Å²) >= 11 is 0. The summed E-state index contributed by atoms with van der Waals surface area (Å²) in [5.74, 6) is -1.23. The average molecular weight is 424 g/mol. The van der Waals surface area contributed by atoms with Gasteiger partial charge in [-0.3, -0.25) is 4.79 Å². The van der Waals surface area contributed by atoms with E-state index in [0.29, 0.717) is 0 Å². The van der Waals surface area contributed by atoms with Crippen molar-refractivity contribution in [1.82, 2.24) is 5.32 Å². The fourth-order valence-electron chi connectivity index (χ4n) is 2.84. The lowest BCUT2D eigenvalue weighted by molar-refractivity contribution is -0.145. The summed E-state index contributed by atoms with van der Waals surface area (Å²) in [4.78, 5) is 29.4. The molecule has 0 radical (unpaired) electrons. The highest BCUT2D eigenvalue weighted by Crippen LogP contribution is 2.13. The molecule has 0 spiro atoms. The van der Waals surface area contributed by atoms with Crippen molar-refractivity contribution in [2.75, 3.05) is 20.8 Å². The van der Waals surface area contributed by atoms with Crippen molar-refractivity contribution in [3.8, 4) is 0 Å². The van der Waals surface area contributed by atoms with E-state index in [4.69, 9.17) is 14.3 Å². The van der Waals surface area contributed by atoms with E-state index in [1.165, 1.54) is 21.1 Å². The van der Waals surface area contributed by atoms with E-state index in [9.17, 15) is 19.8 Å². The summed E-state index contributed by atoms with van der Waals surface area (Å²) in [6.45, 7) is 4.63. The van der Waals surface area contributed by atoms with Crippen LogP contribution in [0.2, 0.25) is 0 Å². The molecule has 0 aliphatic rings. The normalized spacial score (nSPS) is 15.8. The van der Waals surface area contributed by atoms with Crippen molar-refractivity contribution in [3.05, 3.63) is 35.9 Å². The zero-order chi connectivity index (χ0) is 22.7. The van der Waals surface area contributed by atoms with Gasteiger partial charge in [0, 0.05) is 13.5 Å². The molecule has 0 unspecified atom stereocenters. The molecule has 1 amide bonds. The first-order valence-corrected chi connectivity index (χ1v) is 9.71. The molecule has 0 fully saturated rings. The molecule has 1 rings (SSSR count). The number of aliphatic hydroxyl groups is 2. The zero-order valence-electron chi connectivity index (χ0n) is 18.1. The Balaban J connectivity index is 2.81. The lowest BCUT2D eigenvalue weighted by atomic mass is 9.96. The quantitative estimate of drug-likeness (QED) is 0.256. The van der Waals surface area contributed by atoms with Gasteiger partial charge in [-0.25, -0.2) is 4.79 Å². The first-order chi connectivity index (χ1) is 14.2. The van der Waals surface area contributed by atoms with E-state index < -0.39 is 42.8 Å². The number of carbonyl (C=O) groups is 2. The summed E-state index contributed by atoms with van der Waals surface area (Å²) in [7, 11) is 2.69. The number of methoxy groups -OCH3 is 2. The van der Waals surface area contributed by atoms with Gasteiger partial charge < -0.3 is 29.8 Å². The highest BCUT2D eigenvalue weighted by Gasteiger charge is 2.30. The van der Waals surface area contributed by atoms with Crippen molar-refractivity contribution >= 4 is 17.6 Å². The van der Waals surface area contributed by atoms with Gasteiger partial charge in [0.25, 0.3) is 5.91 Å². The van der Waals surface area contributed by atoms with Gasteiger partial charge in [-0.05, 0) is 18.4 Å².